The summed E-state index contributed by atoms with van der Waals surface area (Å²) in [4.78, 5) is 29.3. The molecule has 1 atom stereocenters. The fraction of sp³-hybridized carbons (Fsp3) is 0.312. The molecule has 0 saturated heterocycles. The van der Waals surface area contributed by atoms with Crippen LogP contribution in [0.1, 0.15) is 41.5 Å². The number of nitrogens with one attached hydrogen (secondary N) is 1. The molecule has 0 fully saturated rings. The first-order chi connectivity index (χ1) is 10.3. The molecule has 2 rings (SSSR count). The highest BCUT2D eigenvalue weighted by Crippen LogP contribution is 2.20. The van der Waals surface area contributed by atoms with Crippen molar-refractivity contribution in [3.8, 4) is 0 Å². The Morgan fingerprint density at radius 3 is 2.13 bits per heavy atom. The molecule has 3 N–H and O–H groups in total. The largest absolute Gasteiger partial charge is 0.369 e. The average molecular weight is 337 g/mol. The van der Waals surface area contributed by atoms with Crippen molar-refractivity contribution in [3.05, 3.63) is 41.2 Å². The number of aliphatic imine (C=N–C) groups is 1. The van der Waals surface area contributed by atoms with Crippen LogP contribution < -0.4 is 11.1 Å². The first-order valence-corrected chi connectivity index (χ1v) is 7.00. The van der Waals surface area contributed by atoms with Crippen molar-refractivity contribution in [2.75, 3.05) is 12.4 Å². The van der Waals surface area contributed by atoms with E-state index >= 15 is 0 Å². The number of benzene rings is 1. The van der Waals surface area contributed by atoms with Gasteiger partial charge in [0, 0.05) is 23.9 Å². The van der Waals surface area contributed by atoms with E-state index in [1.54, 1.807) is 18.2 Å². The average Bonchev–Trinajstić information content (AvgIpc) is 2.44. The quantitative estimate of drug-likeness (QED) is 0.824. The van der Waals surface area contributed by atoms with Crippen LogP contribution >= 0.6 is 12.4 Å². The number of likely N-dealkylation sites (N-methyl/N-ethyl adjacent to an activating group) is 1. The third-order valence-electron chi connectivity index (χ3n) is 3.62. The molecule has 0 spiro atoms. The van der Waals surface area contributed by atoms with Gasteiger partial charge >= 0.3 is 0 Å². The van der Waals surface area contributed by atoms with Gasteiger partial charge in [-0.15, -0.1) is 12.4 Å². The van der Waals surface area contributed by atoms with Crippen LogP contribution in [0.2, 0.25) is 0 Å². The van der Waals surface area contributed by atoms with E-state index in [4.69, 9.17) is 5.73 Å². The fourth-order valence-electron chi connectivity index (χ4n) is 2.11. The molecule has 0 amide bonds. The minimum absolute atomic E-state index is 0. The van der Waals surface area contributed by atoms with Crippen molar-refractivity contribution in [2.24, 2.45) is 10.7 Å². The van der Waals surface area contributed by atoms with Gasteiger partial charge in [-0.2, -0.15) is 4.99 Å². The number of rotatable bonds is 4. The number of hydrogen-bond acceptors (Lipinski definition) is 6. The summed E-state index contributed by atoms with van der Waals surface area (Å²) in [6, 6.07) is 5.09. The Bertz CT molecular complexity index is 665. The van der Waals surface area contributed by atoms with Gasteiger partial charge in [0.2, 0.25) is 0 Å². The minimum Gasteiger partial charge on any atom is -0.369 e. The van der Waals surface area contributed by atoms with E-state index in [-0.39, 0.29) is 30.0 Å². The van der Waals surface area contributed by atoms with Gasteiger partial charge in [0.15, 0.2) is 17.5 Å². The number of carbonyl (C=O) groups excluding carboxylic acids is 2. The molecule has 1 aliphatic heterocycles. The summed E-state index contributed by atoms with van der Waals surface area (Å²) in [5.74, 6) is 0.810. The highest BCUT2D eigenvalue weighted by atomic mass is 35.5. The molecule has 0 aliphatic carbocycles. The van der Waals surface area contributed by atoms with E-state index in [0.29, 0.717) is 28.6 Å². The number of Topliss-reactive ketones (excluding diaryl/α,β-unsaturated/α-hetero) is 2. The summed E-state index contributed by atoms with van der Waals surface area (Å²) >= 11 is 0. The molecule has 0 radical (unpaired) electrons. The second kappa shape index (κ2) is 7.28. The number of carbonyl (C=O) groups is 2. The molecule has 0 saturated carbocycles. The molecule has 6 nitrogen and oxygen atoms in total. The van der Waals surface area contributed by atoms with Gasteiger partial charge in [0.25, 0.3) is 0 Å². The van der Waals surface area contributed by atoms with Crippen molar-refractivity contribution >= 4 is 35.6 Å². The van der Waals surface area contributed by atoms with Gasteiger partial charge < -0.3 is 16.0 Å². The maximum Gasteiger partial charge on any atom is 0.198 e. The summed E-state index contributed by atoms with van der Waals surface area (Å²) in [5.41, 5.74) is 7.45. The standard InChI is InChI=1S/C16H20N4O2.ClH/c1-9-5-15(19-16(17)20(9)4)18-14-7-12(10(2)21)6-13(8-14)11(3)22;/h5-9,18H,1-4H3,(H2,17,19);1H. The monoisotopic (exact) mass is 336 g/mol. The van der Waals surface area contributed by atoms with Gasteiger partial charge in [-0.25, -0.2) is 0 Å². The lowest BCUT2D eigenvalue weighted by Crippen LogP contribution is -2.42. The van der Waals surface area contributed by atoms with Crippen LogP contribution in [0.15, 0.2) is 35.1 Å². The molecule has 1 aliphatic rings. The van der Waals surface area contributed by atoms with Crippen LogP contribution in [-0.2, 0) is 0 Å². The van der Waals surface area contributed by atoms with E-state index in [9.17, 15) is 9.59 Å². The number of hydrogen-bond donors (Lipinski definition) is 2. The molecule has 1 aromatic rings. The Balaban J connectivity index is 0.00000264. The molecule has 1 aromatic carbocycles. The van der Waals surface area contributed by atoms with E-state index in [1.165, 1.54) is 13.8 Å². The Morgan fingerprint density at radius 2 is 1.70 bits per heavy atom. The topological polar surface area (TPSA) is 87.8 Å². The van der Waals surface area contributed by atoms with Gasteiger partial charge in [0.05, 0.1) is 6.04 Å². The van der Waals surface area contributed by atoms with Crippen LogP contribution in [0.5, 0.6) is 0 Å². The Kier molecular flexibility index (Phi) is 5.92. The second-order valence-electron chi connectivity index (χ2n) is 5.41. The van der Waals surface area contributed by atoms with Crippen molar-refractivity contribution in [2.45, 2.75) is 26.8 Å². The molecular formula is C16H21ClN4O2. The molecular weight excluding hydrogens is 316 g/mol. The van der Waals surface area contributed by atoms with Crippen LogP contribution in [0.3, 0.4) is 0 Å². The van der Waals surface area contributed by atoms with Crippen LogP contribution in [0.4, 0.5) is 5.69 Å². The number of anilines is 1. The molecule has 0 bridgehead atoms. The van der Waals surface area contributed by atoms with Crippen molar-refractivity contribution in [1.82, 2.24) is 4.90 Å². The van der Waals surface area contributed by atoms with Crippen molar-refractivity contribution in [3.63, 3.8) is 0 Å². The lowest BCUT2D eigenvalue weighted by Gasteiger charge is -2.28. The van der Waals surface area contributed by atoms with Crippen LogP contribution in [0, 0.1) is 0 Å². The maximum absolute atomic E-state index is 11.6. The summed E-state index contributed by atoms with van der Waals surface area (Å²) in [7, 11) is 1.86. The SMILES string of the molecule is CC(=O)c1cc(NC2=CC(C)N(C)C(N)=N2)cc(C(C)=O)c1.Cl. The predicted octanol–water partition coefficient (Wildman–Crippen LogP) is 2.42. The van der Waals surface area contributed by atoms with Crippen LogP contribution in [0.25, 0.3) is 0 Å². The zero-order valence-electron chi connectivity index (χ0n) is 13.6. The summed E-state index contributed by atoms with van der Waals surface area (Å²) in [6.07, 6.45) is 1.92. The maximum atomic E-state index is 11.6. The van der Waals surface area contributed by atoms with Crippen LogP contribution in [-0.4, -0.2) is 35.5 Å². The molecule has 1 heterocycles. The highest BCUT2D eigenvalue weighted by molar-refractivity contribution is 6.01. The summed E-state index contributed by atoms with van der Waals surface area (Å²) in [6.45, 7) is 4.93. The number of halogens is 1. The number of nitrogens with zero attached hydrogens (tertiary/aromatic N) is 2. The van der Waals surface area contributed by atoms with Gasteiger partial charge in [0.1, 0.15) is 5.82 Å². The molecule has 0 aromatic heterocycles. The number of nitrogens with two attached hydrogens (primary N) is 1. The number of ketones is 2. The van der Waals surface area contributed by atoms with Crippen molar-refractivity contribution < 1.29 is 9.59 Å². The minimum atomic E-state index is -0.0973. The van der Waals surface area contributed by atoms with Gasteiger partial charge in [-0.3, -0.25) is 9.59 Å². The molecule has 124 valence electrons. The normalized spacial score (nSPS) is 16.9. The lowest BCUT2D eigenvalue weighted by molar-refractivity contribution is 0.101. The molecule has 1 unspecified atom stereocenters. The smallest absolute Gasteiger partial charge is 0.198 e. The predicted molar refractivity (Wildman–Crippen MR) is 94.3 cm³/mol. The zero-order chi connectivity index (χ0) is 16.4. The molecule has 23 heavy (non-hydrogen) atoms. The van der Waals surface area contributed by atoms with E-state index in [0.717, 1.165) is 0 Å². The molecule has 7 heteroatoms. The van der Waals surface area contributed by atoms with E-state index < -0.39 is 0 Å². The summed E-state index contributed by atoms with van der Waals surface area (Å²) in [5, 5.41) is 3.12. The van der Waals surface area contributed by atoms with E-state index in [1.807, 2.05) is 24.9 Å². The summed E-state index contributed by atoms with van der Waals surface area (Å²) < 4.78 is 0. The lowest BCUT2D eigenvalue weighted by atomic mass is 10.0. The Morgan fingerprint density at radius 1 is 1.17 bits per heavy atom. The van der Waals surface area contributed by atoms with E-state index in [2.05, 4.69) is 10.3 Å². The zero-order valence-corrected chi connectivity index (χ0v) is 14.4. The van der Waals surface area contributed by atoms with Gasteiger partial charge in [-0.05, 0) is 45.0 Å². The number of guanidine groups is 1. The Labute approximate surface area is 141 Å². The highest BCUT2D eigenvalue weighted by Gasteiger charge is 2.16. The third-order valence-corrected chi connectivity index (χ3v) is 3.62. The third kappa shape index (κ3) is 4.32. The van der Waals surface area contributed by atoms with Crippen molar-refractivity contribution in [1.29, 1.82) is 0 Å². The first-order valence-electron chi connectivity index (χ1n) is 7.00. The van der Waals surface area contributed by atoms with Gasteiger partial charge in [-0.1, -0.05) is 0 Å². The Hall–Kier alpha value is -2.34. The first kappa shape index (κ1) is 18.7. The second-order valence-corrected chi connectivity index (χ2v) is 5.41. The fourth-order valence-corrected chi connectivity index (χ4v) is 2.11.